The van der Waals surface area contributed by atoms with Crippen molar-refractivity contribution in [3.05, 3.63) is 60.2 Å². The monoisotopic (exact) mass is 346 g/mol. The van der Waals surface area contributed by atoms with Crippen molar-refractivity contribution in [2.45, 2.75) is 52.6 Å². The van der Waals surface area contributed by atoms with Gasteiger partial charge < -0.3 is 9.13 Å². The summed E-state index contributed by atoms with van der Waals surface area (Å²) >= 11 is 0. The summed E-state index contributed by atoms with van der Waals surface area (Å²) in [6, 6.07) is 16.8. The second kappa shape index (κ2) is 7.32. The summed E-state index contributed by atoms with van der Waals surface area (Å²) < 4.78 is 4.70. The van der Waals surface area contributed by atoms with Crippen LogP contribution in [0.5, 0.6) is 0 Å². The van der Waals surface area contributed by atoms with E-state index in [1.807, 2.05) is 0 Å². The molecule has 0 fully saturated rings. The number of hydrogen-bond acceptors (Lipinski definition) is 2. The molecule has 0 saturated heterocycles. The van der Waals surface area contributed by atoms with Crippen molar-refractivity contribution in [3.8, 4) is 0 Å². The van der Waals surface area contributed by atoms with Gasteiger partial charge in [0, 0.05) is 13.1 Å². The van der Waals surface area contributed by atoms with Crippen LogP contribution in [0.4, 0.5) is 0 Å². The molecule has 0 atom stereocenters. The normalized spacial score (nSPS) is 11.6. The van der Waals surface area contributed by atoms with Gasteiger partial charge in [-0.15, -0.1) is 0 Å². The van der Waals surface area contributed by atoms with Crippen LogP contribution in [0.1, 0.15) is 37.3 Å². The van der Waals surface area contributed by atoms with E-state index in [4.69, 9.17) is 0 Å². The fraction of sp³-hybridized carbons (Fsp3) is 0.364. The first-order chi connectivity index (χ1) is 12.7. The van der Waals surface area contributed by atoms with Crippen LogP contribution >= 0.6 is 0 Å². The van der Waals surface area contributed by atoms with Crippen molar-refractivity contribution in [2.24, 2.45) is 0 Å². The van der Waals surface area contributed by atoms with Gasteiger partial charge in [0.2, 0.25) is 0 Å². The Morgan fingerprint density at radius 3 is 1.50 bits per heavy atom. The molecule has 4 nitrogen and oxygen atoms in total. The third-order valence-electron chi connectivity index (χ3n) is 5.20. The Morgan fingerprint density at radius 2 is 1.04 bits per heavy atom. The summed E-state index contributed by atoms with van der Waals surface area (Å²) in [6.45, 7) is 6.32. The molecule has 4 aromatic rings. The molecule has 0 spiro atoms. The van der Waals surface area contributed by atoms with Crippen molar-refractivity contribution in [3.63, 3.8) is 0 Å². The number of aromatic nitrogens is 4. The minimum Gasteiger partial charge on any atom is -0.328 e. The van der Waals surface area contributed by atoms with E-state index < -0.39 is 0 Å². The first-order valence-corrected chi connectivity index (χ1v) is 9.58. The maximum atomic E-state index is 4.65. The van der Waals surface area contributed by atoms with Gasteiger partial charge in [-0.3, -0.25) is 0 Å². The molecule has 4 heteroatoms. The Balaban J connectivity index is 1.29. The summed E-state index contributed by atoms with van der Waals surface area (Å²) in [6.07, 6.45) is 4.89. The highest BCUT2D eigenvalue weighted by molar-refractivity contribution is 5.76. The fourth-order valence-corrected chi connectivity index (χ4v) is 3.85. The number of aryl methyl sites for hydroxylation is 4. The van der Waals surface area contributed by atoms with Gasteiger partial charge in [-0.2, -0.15) is 0 Å². The minimum atomic E-state index is 1.05. The molecule has 0 unspecified atom stereocenters. The maximum Gasteiger partial charge on any atom is 0.106 e. The predicted molar refractivity (Wildman–Crippen MR) is 107 cm³/mol. The second-order valence-corrected chi connectivity index (χ2v) is 7.01. The van der Waals surface area contributed by atoms with Crippen molar-refractivity contribution in [1.29, 1.82) is 0 Å². The van der Waals surface area contributed by atoms with E-state index in [1.165, 1.54) is 36.7 Å². The molecule has 4 rings (SSSR count). The Kier molecular flexibility index (Phi) is 4.74. The van der Waals surface area contributed by atoms with Crippen LogP contribution in [0.15, 0.2) is 48.5 Å². The van der Waals surface area contributed by atoms with E-state index in [9.17, 15) is 0 Å². The molecule has 0 bridgehead atoms. The topological polar surface area (TPSA) is 35.6 Å². The summed E-state index contributed by atoms with van der Waals surface area (Å²) in [7, 11) is 0. The molecule has 2 heterocycles. The quantitative estimate of drug-likeness (QED) is 0.428. The average molecular weight is 346 g/mol. The molecule has 26 heavy (non-hydrogen) atoms. The van der Waals surface area contributed by atoms with Gasteiger partial charge in [0.15, 0.2) is 0 Å². The van der Waals surface area contributed by atoms with Crippen LogP contribution in [-0.2, 0) is 13.1 Å². The molecule has 0 aliphatic carbocycles. The molecule has 0 saturated carbocycles. The maximum absolute atomic E-state index is 4.65. The number of unbranched alkanes of at least 4 members (excludes halogenated alkanes) is 3. The summed E-state index contributed by atoms with van der Waals surface area (Å²) in [5, 5.41) is 0. The minimum absolute atomic E-state index is 1.05. The van der Waals surface area contributed by atoms with Gasteiger partial charge in [-0.1, -0.05) is 37.1 Å². The van der Waals surface area contributed by atoms with Crippen LogP contribution in [0.3, 0.4) is 0 Å². The highest BCUT2D eigenvalue weighted by Crippen LogP contribution is 2.18. The van der Waals surface area contributed by atoms with Crippen molar-refractivity contribution in [1.82, 2.24) is 19.1 Å². The molecule has 2 aromatic heterocycles. The lowest BCUT2D eigenvalue weighted by molar-refractivity contribution is 0.540. The first-order valence-electron chi connectivity index (χ1n) is 9.58. The van der Waals surface area contributed by atoms with Gasteiger partial charge in [0.25, 0.3) is 0 Å². The van der Waals surface area contributed by atoms with E-state index in [2.05, 4.69) is 81.5 Å². The van der Waals surface area contributed by atoms with Crippen LogP contribution in [0.25, 0.3) is 22.1 Å². The summed E-state index contributed by atoms with van der Waals surface area (Å²) in [5.74, 6) is 2.23. The lowest BCUT2D eigenvalue weighted by atomic mass is 10.2. The molecular weight excluding hydrogens is 320 g/mol. The molecule has 0 N–H and O–H groups in total. The van der Waals surface area contributed by atoms with Crippen LogP contribution in [0, 0.1) is 13.8 Å². The zero-order valence-corrected chi connectivity index (χ0v) is 15.7. The molecular formula is C22H26N4. The summed E-state index contributed by atoms with van der Waals surface area (Å²) in [5.41, 5.74) is 4.72. The predicted octanol–water partition coefficient (Wildman–Crippen LogP) is 5.26. The zero-order valence-electron chi connectivity index (χ0n) is 15.7. The van der Waals surface area contributed by atoms with Crippen LogP contribution in [0.2, 0.25) is 0 Å². The molecule has 0 aliphatic heterocycles. The second-order valence-electron chi connectivity index (χ2n) is 7.01. The number of rotatable bonds is 7. The number of benzene rings is 2. The van der Waals surface area contributed by atoms with Crippen molar-refractivity contribution < 1.29 is 0 Å². The highest BCUT2D eigenvalue weighted by atomic mass is 15.1. The number of para-hydroxylation sites is 4. The largest absolute Gasteiger partial charge is 0.328 e. The van der Waals surface area contributed by atoms with E-state index in [0.717, 1.165) is 35.8 Å². The number of hydrogen-bond donors (Lipinski definition) is 0. The molecule has 0 amide bonds. The van der Waals surface area contributed by atoms with Gasteiger partial charge in [0.1, 0.15) is 11.6 Å². The number of imidazole rings is 2. The van der Waals surface area contributed by atoms with Crippen molar-refractivity contribution >= 4 is 22.1 Å². The molecule has 0 radical (unpaired) electrons. The van der Waals surface area contributed by atoms with Crippen molar-refractivity contribution in [2.75, 3.05) is 0 Å². The lowest BCUT2D eigenvalue weighted by Crippen LogP contribution is -2.02. The average Bonchev–Trinajstić information content (AvgIpc) is 3.14. The Hall–Kier alpha value is -2.62. The van der Waals surface area contributed by atoms with Crippen LogP contribution < -0.4 is 0 Å². The zero-order chi connectivity index (χ0) is 17.9. The van der Waals surface area contributed by atoms with Gasteiger partial charge in [-0.05, 0) is 51.0 Å². The standard InChI is InChI=1S/C22H26N4/c1-17-23-19-11-5-7-13-21(19)25(17)15-9-3-4-10-16-26-18(2)24-20-12-6-8-14-22(20)26/h5-8,11-14H,3-4,9-10,15-16H2,1-2H3. The Morgan fingerprint density at radius 1 is 0.615 bits per heavy atom. The molecule has 134 valence electrons. The van der Waals surface area contributed by atoms with Gasteiger partial charge in [0.05, 0.1) is 22.1 Å². The first kappa shape index (κ1) is 16.8. The molecule has 2 aromatic carbocycles. The summed E-state index contributed by atoms with van der Waals surface area (Å²) in [4.78, 5) is 9.31. The third kappa shape index (κ3) is 3.24. The van der Waals surface area contributed by atoms with E-state index in [0.29, 0.717) is 0 Å². The van der Waals surface area contributed by atoms with Gasteiger partial charge >= 0.3 is 0 Å². The number of fused-ring (bicyclic) bond motifs is 2. The highest BCUT2D eigenvalue weighted by Gasteiger charge is 2.07. The van der Waals surface area contributed by atoms with Gasteiger partial charge in [-0.25, -0.2) is 9.97 Å². The number of nitrogens with zero attached hydrogens (tertiary/aromatic N) is 4. The van der Waals surface area contributed by atoms with Crippen LogP contribution in [-0.4, -0.2) is 19.1 Å². The third-order valence-corrected chi connectivity index (χ3v) is 5.20. The smallest absolute Gasteiger partial charge is 0.106 e. The Bertz CT molecular complexity index is 941. The van der Waals surface area contributed by atoms with E-state index >= 15 is 0 Å². The molecule has 0 aliphatic rings. The fourth-order valence-electron chi connectivity index (χ4n) is 3.85. The van der Waals surface area contributed by atoms with E-state index in [-0.39, 0.29) is 0 Å². The van der Waals surface area contributed by atoms with E-state index in [1.54, 1.807) is 0 Å². The lowest BCUT2D eigenvalue weighted by Gasteiger charge is -2.08. The Labute approximate surface area is 154 Å². The SMILES string of the molecule is Cc1nc2ccccc2n1CCCCCCn1c(C)nc2ccccc21.